The van der Waals surface area contributed by atoms with Crippen molar-refractivity contribution in [1.82, 2.24) is 25.5 Å². The van der Waals surface area contributed by atoms with Gasteiger partial charge in [0.25, 0.3) is 0 Å². The fraction of sp³-hybridized carbons (Fsp3) is 0.750. The Balaban J connectivity index is 1.81. The van der Waals surface area contributed by atoms with E-state index >= 15 is 0 Å². The average Bonchev–Trinajstić information content (AvgIpc) is 2.88. The van der Waals surface area contributed by atoms with Crippen LogP contribution in [0, 0.1) is 5.92 Å². The van der Waals surface area contributed by atoms with E-state index in [1.807, 2.05) is 20.8 Å². The summed E-state index contributed by atoms with van der Waals surface area (Å²) in [5.41, 5.74) is -0.237. The molecule has 1 heterocycles. The number of hydrogen-bond acceptors (Lipinski definition) is 6. The van der Waals surface area contributed by atoms with Crippen LogP contribution in [0.2, 0.25) is 0 Å². The van der Waals surface area contributed by atoms with Crippen LogP contribution in [0.3, 0.4) is 0 Å². The third-order valence-corrected chi connectivity index (χ3v) is 5.29. The van der Waals surface area contributed by atoms with E-state index in [0.717, 1.165) is 31.0 Å². The summed E-state index contributed by atoms with van der Waals surface area (Å²) in [6.07, 6.45) is 4.38. The smallest absolute Gasteiger partial charge is 0.321 e. The highest BCUT2D eigenvalue weighted by Crippen LogP contribution is 2.24. The second kappa shape index (κ2) is 8.07. The molecule has 0 unspecified atom stereocenters. The van der Waals surface area contributed by atoms with E-state index in [1.54, 1.807) is 0 Å². The van der Waals surface area contributed by atoms with E-state index in [9.17, 15) is 9.59 Å². The van der Waals surface area contributed by atoms with Crippen molar-refractivity contribution in [3.8, 4) is 0 Å². The predicted molar refractivity (Wildman–Crippen MR) is 97.7 cm³/mol. The summed E-state index contributed by atoms with van der Waals surface area (Å²) < 4.78 is 1.39. The van der Waals surface area contributed by atoms with Crippen LogP contribution in [0.4, 0.5) is 4.79 Å². The topological polar surface area (TPSA) is 115 Å². The van der Waals surface area contributed by atoms with Crippen molar-refractivity contribution in [3.05, 3.63) is 5.82 Å². The molecule has 0 bridgehead atoms. The summed E-state index contributed by atoms with van der Waals surface area (Å²) in [5, 5.41) is 13.8. The summed E-state index contributed by atoms with van der Waals surface area (Å²) in [4.78, 5) is 23.9. The van der Waals surface area contributed by atoms with Crippen molar-refractivity contribution in [3.63, 3.8) is 0 Å². The zero-order valence-corrected chi connectivity index (χ0v) is 16.2. The monoisotopic (exact) mass is 368 g/mol. The van der Waals surface area contributed by atoms with Gasteiger partial charge in [-0.05, 0) is 18.8 Å². The molecule has 3 amide bonds. The quantitative estimate of drug-likeness (QED) is 0.551. The maximum absolute atomic E-state index is 12.0. The number of urea groups is 1. The van der Waals surface area contributed by atoms with Gasteiger partial charge >= 0.3 is 6.03 Å². The van der Waals surface area contributed by atoms with E-state index in [4.69, 9.17) is 5.84 Å². The number of nitrogens with zero attached hydrogens (tertiary/aromatic N) is 3. The van der Waals surface area contributed by atoms with Crippen LogP contribution in [0.15, 0.2) is 5.16 Å². The number of carbonyl (C=O) groups is 2. The number of hydrogen-bond donors (Lipinski definition) is 3. The standard InChI is InChI=1S/C16H28N6O2S/c1-10-7-5-6-8-11(10)18-14(24)19-12(23)9-25-15-21-20-13(22(15)17)16(2,3)4/h10-11H,5-9,17H2,1-4H3,(H2,18,19,23,24)/t10-,11+/m1/s1. The molecule has 1 saturated carbocycles. The summed E-state index contributed by atoms with van der Waals surface area (Å²) >= 11 is 1.15. The Morgan fingerprint density at radius 3 is 2.56 bits per heavy atom. The van der Waals surface area contributed by atoms with Gasteiger partial charge in [0, 0.05) is 11.5 Å². The zero-order valence-electron chi connectivity index (χ0n) is 15.3. The zero-order chi connectivity index (χ0) is 18.6. The number of amides is 3. The van der Waals surface area contributed by atoms with Crippen molar-refractivity contribution < 1.29 is 9.59 Å². The Bertz CT molecular complexity index is 625. The molecule has 0 aliphatic heterocycles. The first-order valence-corrected chi connectivity index (χ1v) is 9.61. The minimum atomic E-state index is -0.436. The van der Waals surface area contributed by atoms with E-state index in [2.05, 4.69) is 27.8 Å². The van der Waals surface area contributed by atoms with Crippen molar-refractivity contribution in [1.29, 1.82) is 0 Å². The lowest BCUT2D eigenvalue weighted by molar-refractivity contribution is -0.117. The molecule has 0 aromatic carbocycles. The largest absolute Gasteiger partial charge is 0.336 e. The maximum atomic E-state index is 12.0. The molecule has 140 valence electrons. The van der Waals surface area contributed by atoms with Gasteiger partial charge in [-0.3, -0.25) is 10.1 Å². The maximum Gasteiger partial charge on any atom is 0.321 e. The molecule has 1 fully saturated rings. The molecule has 8 nitrogen and oxygen atoms in total. The molecular formula is C16H28N6O2S. The minimum Gasteiger partial charge on any atom is -0.336 e. The highest BCUT2D eigenvalue weighted by atomic mass is 32.2. The molecule has 1 aromatic heterocycles. The molecule has 1 aromatic rings. The SMILES string of the molecule is C[C@@H]1CCCC[C@@H]1NC(=O)NC(=O)CSc1nnc(C(C)(C)C)n1N. The highest BCUT2D eigenvalue weighted by Gasteiger charge is 2.25. The number of imide groups is 1. The Morgan fingerprint density at radius 1 is 1.28 bits per heavy atom. The molecule has 2 rings (SSSR count). The number of thioether (sulfide) groups is 1. The molecule has 25 heavy (non-hydrogen) atoms. The van der Waals surface area contributed by atoms with Crippen LogP contribution >= 0.6 is 11.8 Å². The van der Waals surface area contributed by atoms with Gasteiger partial charge in [-0.1, -0.05) is 52.3 Å². The van der Waals surface area contributed by atoms with Gasteiger partial charge in [-0.15, -0.1) is 10.2 Å². The van der Waals surface area contributed by atoms with Crippen molar-refractivity contribution in [2.75, 3.05) is 11.6 Å². The lowest BCUT2D eigenvalue weighted by atomic mass is 9.86. The van der Waals surface area contributed by atoms with E-state index in [1.165, 1.54) is 11.1 Å². The molecule has 0 saturated heterocycles. The Kier molecular flexibility index (Phi) is 6.31. The van der Waals surface area contributed by atoms with Crippen molar-refractivity contribution in [2.45, 2.75) is 70.0 Å². The Hall–Kier alpha value is -1.77. The van der Waals surface area contributed by atoms with E-state index in [0.29, 0.717) is 16.9 Å². The summed E-state index contributed by atoms with van der Waals surface area (Å²) in [6, 6.07) is -0.301. The fourth-order valence-electron chi connectivity index (χ4n) is 2.91. The molecule has 2 atom stereocenters. The highest BCUT2D eigenvalue weighted by molar-refractivity contribution is 7.99. The molecule has 0 spiro atoms. The first-order chi connectivity index (χ1) is 11.7. The van der Waals surface area contributed by atoms with Crippen LogP contribution in [-0.4, -0.2) is 38.6 Å². The van der Waals surface area contributed by atoms with E-state index in [-0.39, 0.29) is 23.1 Å². The Labute approximate surface area is 152 Å². The lowest BCUT2D eigenvalue weighted by Crippen LogP contribution is -2.48. The van der Waals surface area contributed by atoms with Gasteiger partial charge in [-0.25, -0.2) is 9.47 Å². The number of carbonyl (C=O) groups excluding carboxylic acids is 2. The third-order valence-electron chi connectivity index (χ3n) is 4.35. The normalized spacial score (nSPS) is 21.0. The van der Waals surface area contributed by atoms with Gasteiger partial charge < -0.3 is 11.2 Å². The van der Waals surface area contributed by atoms with Gasteiger partial charge in [0.2, 0.25) is 11.1 Å². The summed E-state index contributed by atoms with van der Waals surface area (Å²) in [7, 11) is 0. The fourth-order valence-corrected chi connectivity index (χ4v) is 3.57. The number of aromatic nitrogens is 3. The van der Waals surface area contributed by atoms with Crippen LogP contribution in [0.5, 0.6) is 0 Å². The lowest BCUT2D eigenvalue weighted by Gasteiger charge is -2.29. The summed E-state index contributed by atoms with van der Waals surface area (Å²) in [5.74, 6) is 6.72. The van der Waals surface area contributed by atoms with Gasteiger partial charge in [0.1, 0.15) is 0 Å². The molecule has 1 aliphatic rings. The molecule has 1 aliphatic carbocycles. The van der Waals surface area contributed by atoms with Gasteiger partial charge in [0.15, 0.2) is 5.82 Å². The van der Waals surface area contributed by atoms with Crippen LogP contribution in [0.1, 0.15) is 59.2 Å². The summed E-state index contributed by atoms with van der Waals surface area (Å²) in [6.45, 7) is 8.08. The first-order valence-electron chi connectivity index (χ1n) is 8.62. The van der Waals surface area contributed by atoms with Gasteiger partial charge in [0.05, 0.1) is 5.75 Å². The average molecular weight is 369 g/mol. The molecule has 9 heteroatoms. The van der Waals surface area contributed by atoms with Crippen LogP contribution in [0.25, 0.3) is 0 Å². The minimum absolute atomic E-state index is 0.0487. The molecular weight excluding hydrogens is 340 g/mol. The number of nitrogens with one attached hydrogen (secondary N) is 2. The van der Waals surface area contributed by atoms with Gasteiger partial charge in [-0.2, -0.15) is 0 Å². The Morgan fingerprint density at radius 2 is 1.96 bits per heavy atom. The molecule has 0 radical (unpaired) electrons. The van der Waals surface area contributed by atoms with Crippen molar-refractivity contribution >= 4 is 23.7 Å². The third kappa shape index (κ3) is 5.35. The number of nitrogens with two attached hydrogens (primary N) is 1. The number of rotatable bonds is 4. The van der Waals surface area contributed by atoms with Crippen LogP contribution < -0.4 is 16.5 Å². The van der Waals surface area contributed by atoms with Crippen molar-refractivity contribution in [2.24, 2.45) is 5.92 Å². The second-order valence-electron chi connectivity index (χ2n) is 7.60. The number of nitrogen functional groups attached to an aromatic ring is 1. The molecule has 4 N–H and O–H groups in total. The first kappa shape index (κ1) is 19.6. The van der Waals surface area contributed by atoms with Crippen LogP contribution in [-0.2, 0) is 10.2 Å². The predicted octanol–water partition coefficient (Wildman–Crippen LogP) is 1.79. The second-order valence-corrected chi connectivity index (χ2v) is 8.55. The van der Waals surface area contributed by atoms with E-state index < -0.39 is 6.03 Å².